The lowest BCUT2D eigenvalue weighted by molar-refractivity contribution is -0.105. The Kier molecular flexibility index (Phi) is 2.84. The van der Waals surface area contributed by atoms with Gasteiger partial charge in [0.05, 0.1) is 17.5 Å². The van der Waals surface area contributed by atoms with Gasteiger partial charge in [0.25, 0.3) is 0 Å². The fourth-order valence-electron chi connectivity index (χ4n) is 1.63. The number of fused-ring (bicyclic) bond motifs is 1. The molecule has 0 saturated carbocycles. The Hall–Kier alpha value is -1.53. The molecule has 1 heterocycles. The zero-order valence-corrected chi connectivity index (χ0v) is 10.4. The Morgan fingerprint density at radius 2 is 2.12 bits per heavy atom. The van der Waals surface area contributed by atoms with Crippen LogP contribution in [0, 0.1) is 0 Å². The first-order chi connectivity index (χ1) is 7.93. The number of halogens is 1. The molecule has 1 aromatic heterocycles. The van der Waals surface area contributed by atoms with E-state index in [1.54, 1.807) is 18.2 Å². The lowest BCUT2D eigenvalue weighted by Crippen LogP contribution is -2.08. The number of amides is 1. The van der Waals surface area contributed by atoms with Crippen LogP contribution in [0.4, 0.5) is 5.69 Å². The molecule has 1 amide bonds. The summed E-state index contributed by atoms with van der Waals surface area (Å²) in [7, 11) is -3.42. The van der Waals surface area contributed by atoms with Crippen LogP contribution >= 0.6 is 11.6 Å². The van der Waals surface area contributed by atoms with Crippen molar-refractivity contribution in [3.8, 4) is 0 Å². The van der Waals surface area contributed by atoms with E-state index in [2.05, 4.69) is 5.32 Å². The van der Waals surface area contributed by atoms with Gasteiger partial charge in [0.2, 0.25) is 16.4 Å². The molecule has 5 nitrogen and oxygen atoms in total. The third kappa shape index (κ3) is 2.13. The van der Waals surface area contributed by atoms with Gasteiger partial charge < -0.3 is 5.32 Å². The maximum Gasteiger partial charge on any atom is 0.236 e. The minimum Gasteiger partial charge on any atom is -0.327 e. The largest absolute Gasteiger partial charge is 0.327 e. The van der Waals surface area contributed by atoms with Crippen molar-refractivity contribution in [3.05, 3.63) is 29.4 Å². The molecule has 2 aromatic rings. The predicted octanol–water partition coefficient (Wildman–Crippen LogP) is 1.67. The van der Waals surface area contributed by atoms with Gasteiger partial charge in [-0.2, -0.15) is 0 Å². The summed E-state index contributed by atoms with van der Waals surface area (Å²) in [6, 6.07) is 4.79. The second-order valence-corrected chi connectivity index (χ2v) is 5.82. The number of carbonyl (C=O) groups excluding carboxylic acids is 1. The quantitative estimate of drug-likeness (QED) is 0.864. The van der Waals surface area contributed by atoms with E-state index >= 15 is 0 Å². The molecule has 0 radical (unpaired) electrons. The van der Waals surface area contributed by atoms with Gasteiger partial charge in [-0.1, -0.05) is 11.6 Å². The third-order valence-electron chi connectivity index (χ3n) is 2.30. The summed E-state index contributed by atoms with van der Waals surface area (Å²) < 4.78 is 24.2. The second kappa shape index (κ2) is 4.05. The molecular weight excluding hydrogens is 264 g/mol. The lowest BCUT2D eigenvalue weighted by Gasteiger charge is -2.00. The molecular formula is C10H9ClN2O3S. The fourth-order valence-corrected chi connectivity index (χ4v) is 2.61. The van der Waals surface area contributed by atoms with E-state index in [9.17, 15) is 13.2 Å². The van der Waals surface area contributed by atoms with Gasteiger partial charge in [-0.15, -0.1) is 0 Å². The minimum atomic E-state index is -3.42. The first kappa shape index (κ1) is 11.9. The van der Waals surface area contributed by atoms with Crippen LogP contribution in [0.15, 0.2) is 24.4 Å². The number of nitrogens with zero attached hydrogens (tertiary/aromatic N) is 1. The molecule has 1 N–H and O–H groups in total. The molecule has 0 saturated heterocycles. The number of nitrogens with one attached hydrogen (secondary N) is 1. The molecule has 0 atom stereocenters. The number of anilines is 1. The van der Waals surface area contributed by atoms with Gasteiger partial charge >= 0.3 is 0 Å². The fraction of sp³-hybridized carbons (Fsp3) is 0.100. The molecule has 0 unspecified atom stereocenters. The van der Waals surface area contributed by atoms with E-state index in [0.29, 0.717) is 28.0 Å². The molecule has 2 rings (SSSR count). The highest BCUT2D eigenvalue weighted by atomic mass is 35.5. The highest BCUT2D eigenvalue weighted by Gasteiger charge is 2.14. The SMILES string of the molecule is CS(=O)(=O)n1cc(NC=O)c2cc(Cl)ccc21. The zero-order valence-electron chi connectivity index (χ0n) is 8.84. The summed E-state index contributed by atoms with van der Waals surface area (Å²) in [5, 5.41) is 3.49. The van der Waals surface area contributed by atoms with E-state index in [1.165, 1.54) is 6.20 Å². The average molecular weight is 273 g/mol. The Labute approximate surface area is 103 Å². The number of carbonyl (C=O) groups is 1. The first-order valence-corrected chi connectivity index (χ1v) is 6.87. The number of rotatable bonds is 3. The molecule has 17 heavy (non-hydrogen) atoms. The normalized spacial score (nSPS) is 11.6. The Morgan fingerprint density at radius 3 is 2.71 bits per heavy atom. The van der Waals surface area contributed by atoms with Crippen LogP contribution < -0.4 is 5.32 Å². The highest BCUT2D eigenvalue weighted by molar-refractivity contribution is 7.89. The summed E-state index contributed by atoms with van der Waals surface area (Å²) in [6.07, 6.45) is 2.93. The van der Waals surface area contributed by atoms with Crippen LogP contribution in [0.1, 0.15) is 0 Å². The lowest BCUT2D eigenvalue weighted by atomic mass is 10.2. The van der Waals surface area contributed by atoms with Crippen molar-refractivity contribution in [2.24, 2.45) is 0 Å². The molecule has 0 aliphatic carbocycles. The molecule has 0 aliphatic rings. The Bertz CT molecular complexity index is 691. The van der Waals surface area contributed by atoms with Gasteiger partial charge in [0, 0.05) is 16.6 Å². The van der Waals surface area contributed by atoms with Crippen molar-refractivity contribution < 1.29 is 13.2 Å². The van der Waals surface area contributed by atoms with Gasteiger partial charge in [-0.25, -0.2) is 12.4 Å². The summed E-state index contributed by atoms with van der Waals surface area (Å²) in [6.45, 7) is 0. The van der Waals surface area contributed by atoms with Crippen LogP contribution in [0.2, 0.25) is 5.02 Å². The summed E-state index contributed by atoms with van der Waals surface area (Å²) in [5.41, 5.74) is 0.879. The molecule has 7 heteroatoms. The van der Waals surface area contributed by atoms with Gasteiger partial charge in [0.1, 0.15) is 0 Å². The monoisotopic (exact) mass is 272 g/mol. The van der Waals surface area contributed by atoms with Crippen LogP contribution in [0.5, 0.6) is 0 Å². The number of hydrogen-bond acceptors (Lipinski definition) is 3. The van der Waals surface area contributed by atoms with Gasteiger partial charge in [-0.05, 0) is 18.2 Å². The van der Waals surface area contributed by atoms with Gasteiger partial charge in [0.15, 0.2) is 0 Å². The molecule has 0 bridgehead atoms. The van der Waals surface area contributed by atoms with Crippen LogP contribution in [0.3, 0.4) is 0 Å². The van der Waals surface area contributed by atoms with Crippen molar-refractivity contribution in [2.45, 2.75) is 0 Å². The molecule has 0 fully saturated rings. The number of aromatic nitrogens is 1. The van der Waals surface area contributed by atoms with E-state index in [4.69, 9.17) is 11.6 Å². The van der Waals surface area contributed by atoms with Crippen molar-refractivity contribution in [1.82, 2.24) is 3.97 Å². The first-order valence-electron chi connectivity index (χ1n) is 4.65. The maximum absolute atomic E-state index is 11.6. The summed E-state index contributed by atoms with van der Waals surface area (Å²) in [4.78, 5) is 10.5. The van der Waals surface area contributed by atoms with Crippen molar-refractivity contribution in [2.75, 3.05) is 11.6 Å². The third-order valence-corrected chi connectivity index (χ3v) is 3.56. The maximum atomic E-state index is 11.6. The highest BCUT2D eigenvalue weighted by Crippen LogP contribution is 2.29. The zero-order chi connectivity index (χ0) is 12.6. The smallest absolute Gasteiger partial charge is 0.236 e. The van der Waals surface area contributed by atoms with Crippen LogP contribution in [0.25, 0.3) is 10.9 Å². The minimum absolute atomic E-state index is 0.405. The van der Waals surface area contributed by atoms with Crippen LogP contribution in [-0.4, -0.2) is 25.1 Å². The second-order valence-electron chi connectivity index (χ2n) is 3.53. The number of hydrogen-bond donors (Lipinski definition) is 1. The summed E-state index contributed by atoms with van der Waals surface area (Å²) in [5.74, 6) is 0. The molecule has 0 aliphatic heterocycles. The van der Waals surface area contributed by atoms with E-state index in [0.717, 1.165) is 10.2 Å². The number of benzene rings is 1. The molecule has 90 valence electrons. The predicted molar refractivity (Wildman–Crippen MR) is 66.9 cm³/mol. The Morgan fingerprint density at radius 1 is 1.41 bits per heavy atom. The average Bonchev–Trinajstić information content (AvgIpc) is 2.57. The van der Waals surface area contributed by atoms with E-state index in [1.807, 2.05) is 0 Å². The van der Waals surface area contributed by atoms with Gasteiger partial charge in [-0.3, -0.25) is 4.79 Å². The standard InChI is InChI=1S/C10H9ClN2O3S/c1-17(15,16)13-5-9(12-6-14)8-4-7(11)2-3-10(8)13/h2-6H,1H3,(H,12,14). The van der Waals surface area contributed by atoms with E-state index < -0.39 is 10.0 Å². The van der Waals surface area contributed by atoms with Crippen molar-refractivity contribution in [3.63, 3.8) is 0 Å². The topological polar surface area (TPSA) is 68.2 Å². The van der Waals surface area contributed by atoms with Crippen LogP contribution in [-0.2, 0) is 14.8 Å². The Balaban J connectivity index is 2.84. The molecule has 0 spiro atoms. The van der Waals surface area contributed by atoms with Crippen molar-refractivity contribution in [1.29, 1.82) is 0 Å². The molecule has 1 aromatic carbocycles. The van der Waals surface area contributed by atoms with E-state index in [-0.39, 0.29) is 0 Å². The van der Waals surface area contributed by atoms with Crippen molar-refractivity contribution >= 4 is 44.6 Å². The summed E-state index contributed by atoms with van der Waals surface area (Å²) >= 11 is 5.84.